The fourth-order valence-electron chi connectivity index (χ4n) is 3.52. The molecule has 0 unspecified atom stereocenters. The normalized spacial score (nSPS) is 10.6. The van der Waals surface area contributed by atoms with Gasteiger partial charge < -0.3 is 20.4 Å². The third-order valence-electron chi connectivity index (χ3n) is 5.32. The van der Waals surface area contributed by atoms with Gasteiger partial charge in [-0.15, -0.1) is 0 Å². The molecule has 36 heavy (non-hydrogen) atoms. The monoisotopic (exact) mass is 484 g/mol. The van der Waals surface area contributed by atoms with Crippen LogP contribution in [-0.2, 0) is 0 Å². The molecule has 0 saturated heterocycles. The quantitative estimate of drug-likeness (QED) is 0.296. The number of aromatic nitrogens is 2. The first-order chi connectivity index (χ1) is 17.1. The Morgan fingerprint density at radius 3 is 1.14 bits per heavy atom. The highest BCUT2D eigenvalue weighted by atomic mass is 16.4. The molecular formula is C26H16N2O8. The summed E-state index contributed by atoms with van der Waals surface area (Å²) in [6, 6.07) is 14.3. The van der Waals surface area contributed by atoms with E-state index in [1.807, 2.05) is 0 Å². The van der Waals surface area contributed by atoms with Crippen LogP contribution in [0.15, 0.2) is 73.1 Å². The molecule has 0 saturated carbocycles. The summed E-state index contributed by atoms with van der Waals surface area (Å²) in [5.41, 5.74) is 1.73. The number of aromatic carboxylic acids is 4. The van der Waals surface area contributed by atoms with Crippen molar-refractivity contribution in [2.45, 2.75) is 0 Å². The fraction of sp³-hybridized carbons (Fsp3) is 0. The lowest BCUT2D eigenvalue weighted by Gasteiger charge is -2.08. The molecular weight excluding hydrogens is 468 g/mol. The third-order valence-corrected chi connectivity index (χ3v) is 5.32. The van der Waals surface area contributed by atoms with E-state index >= 15 is 0 Å². The Morgan fingerprint density at radius 2 is 0.778 bits per heavy atom. The molecule has 0 aliphatic rings. The van der Waals surface area contributed by atoms with Gasteiger partial charge in [0.25, 0.3) is 0 Å². The van der Waals surface area contributed by atoms with Crippen LogP contribution in [0.3, 0.4) is 0 Å². The Kier molecular flexibility index (Phi) is 6.25. The van der Waals surface area contributed by atoms with Gasteiger partial charge in [-0.05, 0) is 53.1 Å². The van der Waals surface area contributed by atoms with E-state index in [1.165, 1.54) is 36.7 Å². The van der Waals surface area contributed by atoms with Gasteiger partial charge in [0, 0.05) is 23.5 Å². The summed E-state index contributed by atoms with van der Waals surface area (Å²) in [6.45, 7) is 0. The maximum atomic E-state index is 11.4. The van der Waals surface area contributed by atoms with Gasteiger partial charge in [0.1, 0.15) is 0 Å². The van der Waals surface area contributed by atoms with Crippen molar-refractivity contribution in [1.82, 2.24) is 9.97 Å². The van der Waals surface area contributed by atoms with E-state index in [1.54, 1.807) is 24.3 Å². The Balaban J connectivity index is 1.64. The van der Waals surface area contributed by atoms with Crippen LogP contribution >= 0.6 is 0 Å². The minimum absolute atomic E-state index is 0.147. The largest absolute Gasteiger partial charge is 0.478 e. The van der Waals surface area contributed by atoms with E-state index < -0.39 is 23.9 Å². The number of carboxylic acids is 4. The second kappa shape index (κ2) is 9.47. The van der Waals surface area contributed by atoms with Crippen LogP contribution in [0.4, 0.5) is 0 Å². The highest BCUT2D eigenvalue weighted by molar-refractivity contribution is 5.97. The summed E-state index contributed by atoms with van der Waals surface area (Å²) in [4.78, 5) is 54.0. The molecule has 0 bridgehead atoms. The zero-order chi connectivity index (χ0) is 26.0. The van der Waals surface area contributed by atoms with Crippen molar-refractivity contribution in [3.8, 4) is 33.6 Å². The lowest BCUT2D eigenvalue weighted by atomic mass is 9.98. The fourth-order valence-corrected chi connectivity index (χ4v) is 3.52. The highest BCUT2D eigenvalue weighted by Crippen LogP contribution is 2.27. The van der Waals surface area contributed by atoms with Crippen LogP contribution < -0.4 is 0 Å². The summed E-state index contributed by atoms with van der Waals surface area (Å²) >= 11 is 0. The number of hydrogen-bond acceptors (Lipinski definition) is 6. The maximum Gasteiger partial charge on any atom is 0.335 e. The molecule has 178 valence electrons. The highest BCUT2D eigenvalue weighted by Gasteiger charge is 2.15. The van der Waals surface area contributed by atoms with Gasteiger partial charge in [-0.1, -0.05) is 24.3 Å². The van der Waals surface area contributed by atoms with Crippen molar-refractivity contribution in [2.24, 2.45) is 0 Å². The van der Waals surface area contributed by atoms with Crippen molar-refractivity contribution >= 4 is 23.9 Å². The molecule has 0 fully saturated rings. The average Bonchev–Trinajstić information content (AvgIpc) is 2.88. The molecule has 0 aliphatic carbocycles. The second-order valence-electron chi connectivity index (χ2n) is 7.69. The lowest BCUT2D eigenvalue weighted by molar-refractivity contribution is 0.0676. The summed E-state index contributed by atoms with van der Waals surface area (Å²) < 4.78 is 0. The van der Waals surface area contributed by atoms with Crippen molar-refractivity contribution in [3.63, 3.8) is 0 Å². The second-order valence-corrected chi connectivity index (χ2v) is 7.69. The molecule has 0 atom stereocenters. The summed E-state index contributed by atoms with van der Waals surface area (Å²) in [6.07, 6.45) is 2.89. The van der Waals surface area contributed by atoms with Crippen LogP contribution in [0.1, 0.15) is 41.4 Å². The number of hydrogen-bond donors (Lipinski definition) is 4. The Bertz CT molecular complexity index is 1350. The van der Waals surface area contributed by atoms with Crippen molar-refractivity contribution < 1.29 is 39.6 Å². The van der Waals surface area contributed by atoms with E-state index in [0.29, 0.717) is 33.6 Å². The van der Waals surface area contributed by atoms with Gasteiger partial charge in [-0.2, -0.15) is 0 Å². The van der Waals surface area contributed by atoms with Gasteiger partial charge in [0.05, 0.1) is 22.3 Å². The van der Waals surface area contributed by atoms with E-state index in [0.717, 1.165) is 12.1 Å². The van der Waals surface area contributed by atoms with Crippen molar-refractivity contribution in [1.29, 1.82) is 0 Å². The van der Waals surface area contributed by atoms with Crippen LogP contribution in [0.5, 0.6) is 0 Å². The number of carbonyl (C=O) groups is 4. The molecule has 0 spiro atoms. The molecule has 0 amide bonds. The van der Waals surface area contributed by atoms with E-state index in [2.05, 4.69) is 9.97 Å². The first-order valence-electron chi connectivity index (χ1n) is 10.3. The molecule has 10 nitrogen and oxygen atoms in total. The predicted octanol–water partition coefficient (Wildman–Crippen LogP) is 4.27. The molecule has 0 radical (unpaired) electrons. The standard InChI is InChI=1S/C26H16N2O8/c29-23(30)17-5-15(6-18(9-17)24(31)32)13-1-3-14(4-2-13)22-27-11-21(12-28-22)16-7-19(25(33)34)10-20(8-16)26(35)36/h1-12H,(H,29,30)(H,31,32)(H,33,34)(H,35,36). The smallest absolute Gasteiger partial charge is 0.335 e. The minimum atomic E-state index is -1.26. The van der Waals surface area contributed by atoms with Crippen LogP contribution in [0.2, 0.25) is 0 Å². The minimum Gasteiger partial charge on any atom is -0.478 e. The summed E-state index contributed by atoms with van der Waals surface area (Å²) in [5, 5.41) is 37.1. The van der Waals surface area contributed by atoms with E-state index in [-0.39, 0.29) is 22.3 Å². The SMILES string of the molecule is O=C(O)c1cc(C(=O)O)cc(-c2ccc(-c3ncc(-c4cc(C(=O)O)cc(C(=O)O)c4)cn3)cc2)c1. The first-order valence-corrected chi connectivity index (χ1v) is 10.3. The Hall–Kier alpha value is -5.38. The predicted molar refractivity (Wildman–Crippen MR) is 126 cm³/mol. The topological polar surface area (TPSA) is 175 Å². The van der Waals surface area contributed by atoms with Gasteiger partial charge >= 0.3 is 23.9 Å². The molecule has 4 N–H and O–H groups in total. The van der Waals surface area contributed by atoms with Gasteiger partial charge in [0.15, 0.2) is 5.82 Å². The van der Waals surface area contributed by atoms with E-state index in [4.69, 9.17) is 0 Å². The molecule has 1 heterocycles. The average molecular weight is 484 g/mol. The molecule has 3 aromatic carbocycles. The first kappa shape index (κ1) is 23.8. The number of nitrogens with zero attached hydrogens (tertiary/aromatic N) is 2. The van der Waals surface area contributed by atoms with E-state index in [9.17, 15) is 39.6 Å². The maximum absolute atomic E-state index is 11.4. The Morgan fingerprint density at radius 1 is 0.444 bits per heavy atom. The van der Waals surface area contributed by atoms with Crippen LogP contribution in [-0.4, -0.2) is 54.3 Å². The zero-order valence-corrected chi connectivity index (χ0v) is 18.2. The molecule has 4 rings (SSSR count). The third kappa shape index (κ3) is 4.92. The van der Waals surface area contributed by atoms with Gasteiger partial charge in [-0.25, -0.2) is 29.1 Å². The van der Waals surface area contributed by atoms with Crippen LogP contribution in [0.25, 0.3) is 33.6 Å². The van der Waals surface area contributed by atoms with Gasteiger partial charge in [0.2, 0.25) is 0 Å². The molecule has 0 aliphatic heterocycles. The van der Waals surface area contributed by atoms with Crippen LogP contribution in [0, 0.1) is 0 Å². The van der Waals surface area contributed by atoms with Crippen molar-refractivity contribution in [2.75, 3.05) is 0 Å². The molecule has 10 heteroatoms. The summed E-state index contributed by atoms with van der Waals surface area (Å²) in [7, 11) is 0. The number of benzene rings is 3. The number of carboxylic acid groups (broad SMARTS) is 4. The lowest BCUT2D eigenvalue weighted by Crippen LogP contribution is -2.03. The zero-order valence-electron chi connectivity index (χ0n) is 18.2. The molecule has 4 aromatic rings. The molecule has 1 aromatic heterocycles. The van der Waals surface area contributed by atoms with Crippen molar-refractivity contribution in [3.05, 3.63) is 95.3 Å². The summed E-state index contributed by atoms with van der Waals surface area (Å²) in [5.74, 6) is -4.67. The number of rotatable bonds is 7. The van der Waals surface area contributed by atoms with Gasteiger partial charge in [-0.3, -0.25) is 0 Å². The Labute approximate surface area is 202 Å².